The fourth-order valence-electron chi connectivity index (χ4n) is 3.90. The van der Waals surface area contributed by atoms with Crippen molar-refractivity contribution in [1.82, 2.24) is 0 Å². The molecule has 0 aromatic heterocycles. The number of hydrogen-bond donors (Lipinski definition) is 0. The van der Waals surface area contributed by atoms with Crippen molar-refractivity contribution in [3.63, 3.8) is 0 Å². The molecule has 2 fully saturated rings. The summed E-state index contributed by atoms with van der Waals surface area (Å²) in [5, 5.41) is 0. The molecule has 1 saturated carbocycles. The third kappa shape index (κ3) is 3.88. The maximum Gasteiger partial charge on any atom is 0.290 e. The number of sulfonamides is 1. The lowest BCUT2D eigenvalue weighted by Gasteiger charge is -2.19. The molecule has 1 saturated heterocycles. The fraction of sp³-hybridized carbons (Fsp3) is 0.429. The third-order valence-corrected chi connectivity index (χ3v) is 10.0. The number of epoxide rings is 1. The van der Waals surface area contributed by atoms with Crippen molar-refractivity contribution >= 4 is 19.8 Å². The molecule has 1 unspecified atom stereocenters. The zero-order chi connectivity index (χ0) is 19.8. The van der Waals surface area contributed by atoms with Crippen LogP contribution in [0.15, 0.2) is 68.2 Å². The summed E-state index contributed by atoms with van der Waals surface area (Å²) in [6.07, 6.45) is 5.40. The predicted octanol–water partition coefficient (Wildman–Crippen LogP) is 4.52. The minimum absolute atomic E-state index is 0.0524. The molecule has 0 radical (unpaired) electrons. The molecule has 2 aromatic rings. The van der Waals surface area contributed by atoms with Gasteiger partial charge in [0.2, 0.25) is 0 Å². The first-order chi connectivity index (χ1) is 13.4. The second-order valence-corrected chi connectivity index (χ2v) is 11.7. The Bertz CT molecular complexity index is 1050. The van der Waals surface area contributed by atoms with Gasteiger partial charge in [-0.2, -0.15) is 8.42 Å². The first-order valence-corrected chi connectivity index (χ1v) is 12.7. The lowest BCUT2D eigenvalue weighted by Crippen LogP contribution is -2.20. The topological polar surface area (TPSA) is 76.1 Å². The van der Waals surface area contributed by atoms with Crippen LogP contribution < -0.4 is 0 Å². The Balaban J connectivity index is 1.75. The van der Waals surface area contributed by atoms with Crippen molar-refractivity contribution in [2.75, 3.05) is 0 Å². The number of ether oxygens (including phenoxy) is 1. The molecule has 0 spiro atoms. The summed E-state index contributed by atoms with van der Waals surface area (Å²) in [6.45, 7) is 1.88. The Kier molecular flexibility index (Phi) is 5.33. The van der Waals surface area contributed by atoms with Gasteiger partial charge in [0.15, 0.2) is 5.44 Å². The zero-order valence-electron chi connectivity index (χ0n) is 15.9. The molecule has 0 N–H and O–H groups in total. The molecular weight excluding hydrogens is 394 g/mol. The highest BCUT2D eigenvalue weighted by molar-refractivity contribution is 8.03. The van der Waals surface area contributed by atoms with E-state index in [9.17, 15) is 12.6 Å². The number of benzene rings is 2. The minimum atomic E-state index is -4.07. The number of hydrogen-bond acceptors (Lipinski definition) is 4. The maximum atomic E-state index is 14.0. The van der Waals surface area contributed by atoms with E-state index in [0.29, 0.717) is 10.8 Å². The molecule has 1 aliphatic heterocycles. The maximum absolute atomic E-state index is 14.0. The van der Waals surface area contributed by atoms with Gasteiger partial charge in [0.1, 0.15) is 15.8 Å². The first-order valence-electron chi connectivity index (χ1n) is 9.70. The predicted molar refractivity (Wildman–Crippen MR) is 109 cm³/mol. The Morgan fingerprint density at radius 1 is 0.857 bits per heavy atom. The molecule has 0 bridgehead atoms. The van der Waals surface area contributed by atoms with Gasteiger partial charge in [-0.15, -0.1) is 0 Å². The number of nitrogens with zero attached hydrogens (tertiary/aromatic N) is 1. The molecule has 2 aliphatic rings. The average molecular weight is 420 g/mol. The molecule has 2 aromatic carbocycles. The Labute approximate surface area is 167 Å². The van der Waals surface area contributed by atoms with E-state index < -0.39 is 25.2 Å². The SMILES string of the molecule is Cc1ccc(S(=O)(=O)N=S(=O)(c2ccccc2)[C@H]2O[C@H]2C2CCCCC2)cc1. The smallest absolute Gasteiger partial charge is 0.290 e. The molecule has 1 heterocycles. The normalized spacial score (nSPS) is 25.0. The van der Waals surface area contributed by atoms with Gasteiger partial charge in [0.25, 0.3) is 10.0 Å². The summed E-state index contributed by atoms with van der Waals surface area (Å²) >= 11 is 0. The molecule has 150 valence electrons. The van der Waals surface area contributed by atoms with E-state index in [4.69, 9.17) is 4.74 Å². The molecule has 3 atom stereocenters. The molecule has 5 nitrogen and oxygen atoms in total. The van der Waals surface area contributed by atoms with Gasteiger partial charge in [-0.3, -0.25) is 0 Å². The van der Waals surface area contributed by atoms with Crippen LogP contribution in [0.3, 0.4) is 0 Å². The van der Waals surface area contributed by atoms with Crippen LogP contribution in [-0.4, -0.2) is 24.2 Å². The summed E-state index contributed by atoms with van der Waals surface area (Å²) in [5.74, 6) is 0.334. The largest absolute Gasteiger partial charge is 0.354 e. The van der Waals surface area contributed by atoms with E-state index in [0.717, 1.165) is 31.2 Å². The minimum Gasteiger partial charge on any atom is -0.354 e. The van der Waals surface area contributed by atoms with E-state index in [2.05, 4.69) is 3.77 Å². The lowest BCUT2D eigenvalue weighted by molar-refractivity contribution is 0.265. The van der Waals surface area contributed by atoms with Crippen molar-refractivity contribution < 1.29 is 17.4 Å². The Morgan fingerprint density at radius 3 is 2.14 bits per heavy atom. The van der Waals surface area contributed by atoms with Crippen LogP contribution in [0.25, 0.3) is 0 Å². The first kappa shape index (κ1) is 19.6. The van der Waals surface area contributed by atoms with Crippen molar-refractivity contribution in [2.24, 2.45) is 9.69 Å². The lowest BCUT2D eigenvalue weighted by atomic mass is 9.87. The number of rotatable bonds is 5. The van der Waals surface area contributed by atoms with Gasteiger partial charge >= 0.3 is 0 Å². The van der Waals surface area contributed by atoms with Crippen LogP contribution in [0.4, 0.5) is 0 Å². The van der Waals surface area contributed by atoms with Crippen LogP contribution in [-0.2, 0) is 24.5 Å². The highest BCUT2D eigenvalue weighted by atomic mass is 32.3. The molecule has 0 amide bonds. The summed E-state index contributed by atoms with van der Waals surface area (Å²) in [6, 6.07) is 15.1. The molecular formula is C21H25NO4S2. The third-order valence-electron chi connectivity index (χ3n) is 5.52. The highest BCUT2D eigenvalue weighted by Crippen LogP contribution is 2.44. The van der Waals surface area contributed by atoms with Gasteiger partial charge in [-0.1, -0.05) is 58.9 Å². The summed E-state index contributed by atoms with van der Waals surface area (Å²) in [5.41, 5.74) is 0.281. The Hall–Kier alpha value is -1.70. The Morgan fingerprint density at radius 2 is 1.50 bits per heavy atom. The van der Waals surface area contributed by atoms with Gasteiger partial charge in [-0.05, 0) is 49.9 Å². The zero-order valence-corrected chi connectivity index (χ0v) is 17.5. The van der Waals surface area contributed by atoms with Crippen molar-refractivity contribution in [3.8, 4) is 0 Å². The van der Waals surface area contributed by atoms with Crippen LogP contribution in [0.2, 0.25) is 0 Å². The molecule has 4 rings (SSSR count). The van der Waals surface area contributed by atoms with Crippen molar-refractivity contribution in [2.45, 2.75) is 60.4 Å². The van der Waals surface area contributed by atoms with Gasteiger partial charge in [0.05, 0.1) is 9.79 Å². The summed E-state index contributed by atoms with van der Waals surface area (Å²) in [4.78, 5) is 0.464. The fourth-order valence-corrected chi connectivity index (χ4v) is 8.25. The summed E-state index contributed by atoms with van der Waals surface area (Å²) < 4.78 is 49.7. The highest BCUT2D eigenvalue weighted by Gasteiger charge is 2.53. The van der Waals surface area contributed by atoms with E-state index in [1.54, 1.807) is 36.4 Å². The average Bonchev–Trinajstić information content (AvgIpc) is 3.51. The van der Waals surface area contributed by atoms with E-state index in [-0.39, 0.29) is 11.0 Å². The monoisotopic (exact) mass is 419 g/mol. The van der Waals surface area contributed by atoms with Crippen molar-refractivity contribution in [3.05, 3.63) is 60.2 Å². The molecule has 1 aliphatic carbocycles. The second kappa shape index (κ2) is 7.61. The standard InChI is InChI=1S/C21H25NO4S2/c1-16-12-14-19(15-13-16)28(24,25)22-27(23,18-10-6-3-7-11-18)21-20(26-21)17-8-4-2-5-9-17/h3,6-7,10-15,17,20-21H,2,4-5,8-9H2,1H3/t20-,21+,27?/m0/s1. The molecule has 7 heteroatoms. The van der Waals surface area contributed by atoms with Gasteiger partial charge in [0, 0.05) is 0 Å². The number of aryl methyl sites for hydroxylation is 1. The van der Waals surface area contributed by atoms with Crippen LogP contribution >= 0.6 is 0 Å². The van der Waals surface area contributed by atoms with Crippen LogP contribution in [0, 0.1) is 12.8 Å². The van der Waals surface area contributed by atoms with Crippen molar-refractivity contribution in [1.29, 1.82) is 0 Å². The van der Waals surface area contributed by atoms with Crippen LogP contribution in [0.1, 0.15) is 37.7 Å². The van der Waals surface area contributed by atoms with Crippen LogP contribution in [0.5, 0.6) is 0 Å². The van der Waals surface area contributed by atoms with E-state index in [1.165, 1.54) is 18.6 Å². The van der Waals surface area contributed by atoms with Gasteiger partial charge in [-0.25, -0.2) is 4.21 Å². The second-order valence-electron chi connectivity index (χ2n) is 7.61. The molecule has 28 heavy (non-hydrogen) atoms. The quantitative estimate of drug-likeness (QED) is 0.668. The van der Waals surface area contributed by atoms with E-state index in [1.807, 2.05) is 13.0 Å². The van der Waals surface area contributed by atoms with E-state index >= 15 is 0 Å². The van der Waals surface area contributed by atoms with Gasteiger partial charge < -0.3 is 4.74 Å². The summed E-state index contributed by atoms with van der Waals surface area (Å²) in [7, 11) is -7.35.